The van der Waals surface area contributed by atoms with Crippen LogP contribution in [0.15, 0.2) is 12.2 Å². The average Bonchev–Trinajstić information content (AvgIpc) is 2.17. The minimum atomic E-state index is -0.193. The number of ether oxygens (including phenoxy) is 1. The van der Waals surface area contributed by atoms with Crippen LogP contribution in [0.5, 0.6) is 0 Å². The van der Waals surface area contributed by atoms with Crippen molar-refractivity contribution in [3.05, 3.63) is 12.2 Å². The molecular formula is C14H24O2. The van der Waals surface area contributed by atoms with Gasteiger partial charge in [0.25, 0.3) is 0 Å². The Morgan fingerprint density at radius 2 is 1.75 bits per heavy atom. The number of carbonyl (C=O) groups is 1. The van der Waals surface area contributed by atoms with Crippen LogP contribution in [0.4, 0.5) is 0 Å². The van der Waals surface area contributed by atoms with Gasteiger partial charge < -0.3 is 4.74 Å². The summed E-state index contributed by atoms with van der Waals surface area (Å²) in [4.78, 5) is 11.3. The van der Waals surface area contributed by atoms with Gasteiger partial charge in [0.2, 0.25) is 0 Å². The molecule has 1 saturated carbocycles. The number of allylic oxidation sites excluding steroid dienone is 1. The van der Waals surface area contributed by atoms with Crippen molar-refractivity contribution in [1.82, 2.24) is 0 Å². The second kappa shape index (κ2) is 5.51. The third-order valence-corrected chi connectivity index (χ3v) is 3.48. The van der Waals surface area contributed by atoms with Crippen LogP contribution in [0.25, 0.3) is 0 Å². The molecule has 0 saturated heterocycles. The molecule has 92 valence electrons. The van der Waals surface area contributed by atoms with Gasteiger partial charge in [0.1, 0.15) is 6.10 Å². The van der Waals surface area contributed by atoms with Crippen molar-refractivity contribution in [2.24, 2.45) is 11.3 Å². The molecule has 2 heteroatoms. The Labute approximate surface area is 99.1 Å². The minimum absolute atomic E-state index is 0.141. The molecule has 0 radical (unpaired) electrons. The normalized spacial score (nSPS) is 27.0. The summed E-state index contributed by atoms with van der Waals surface area (Å²) in [6.45, 7) is 8.72. The van der Waals surface area contributed by atoms with Gasteiger partial charge in [-0.2, -0.15) is 0 Å². The zero-order valence-corrected chi connectivity index (χ0v) is 11.0. The van der Waals surface area contributed by atoms with Crippen LogP contribution in [0.3, 0.4) is 0 Å². The molecule has 1 rings (SSSR count). The predicted molar refractivity (Wildman–Crippen MR) is 66.1 cm³/mol. The van der Waals surface area contributed by atoms with Gasteiger partial charge in [0, 0.05) is 6.08 Å². The average molecular weight is 224 g/mol. The van der Waals surface area contributed by atoms with Gasteiger partial charge >= 0.3 is 5.97 Å². The van der Waals surface area contributed by atoms with E-state index in [0.717, 1.165) is 18.8 Å². The second-order valence-corrected chi connectivity index (χ2v) is 5.78. The smallest absolute Gasteiger partial charge is 0.330 e. The van der Waals surface area contributed by atoms with E-state index in [9.17, 15) is 4.79 Å². The van der Waals surface area contributed by atoms with E-state index in [2.05, 4.69) is 20.8 Å². The van der Waals surface area contributed by atoms with Crippen LogP contribution in [0, 0.1) is 11.3 Å². The number of esters is 1. The van der Waals surface area contributed by atoms with E-state index in [0.29, 0.717) is 5.41 Å². The monoisotopic (exact) mass is 224 g/mol. The standard InChI is InChI=1S/C14H24O2/c1-5-6-13(15)16-12-9-7-11(8-10-12)14(2,3)4/h5-6,11-12H,7-10H2,1-4H3/b6-5-. The van der Waals surface area contributed by atoms with Gasteiger partial charge in [0.05, 0.1) is 0 Å². The lowest BCUT2D eigenvalue weighted by Gasteiger charge is -2.36. The molecule has 2 nitrogen and oxygen atoms in total. The van der Waals surface area contributed by atoms with E-state index in [1.54, 1.807) is 6.08 Å². The molecule has 0 unspecified atom stereocenters. The van der Waals surface area contributed by atoms with Crippen LogP contribution in [-0.2, 0) is 9.53 Å². The van der Waals surface area contributed by atoms with Crippen LogP contribution in [0.2, 0.25) is 0 Å². The highest BCUT2D eigenvalue weighted by atomic mass is 16.5. The van der Waals surface area contributed by atoms with Crippen molar-refractivity contribution in [2.45, 2.75) is 59.5 Å². The van der Waals surface area contributed by atoms with E-state index in [4.69, 9.17) is 4.74 Å². The van der Waals surface area contributed by atoms with E-state index >= 15 is 0 Å². The number of carbonyl (C=O) groups excluding carboxylic acids is 1. The summed E-state index contributed by atoms with van der Waals surface area (Å²) in [6, 6.07) is 0. The molecule has 1 aliphatic carbocycles. The van der Waals surface area contributed by atoms with Gasteiger partial charge in [-0.3, -0.25) is 0 Å². The molecule has 0 aromatic heterocycles. The summed E-state index contributed by atoms with van der Waals surface area (Å²) < 4.78 is 5.37. The second-order valence-electron chi connectivity index (χ2n) is 5.78. The van der Waals surface area contributed by atoms with Crippen molar-refractivity contribution < 1.29 is 9.53 Å². The summed E-state index contributed by atoms with van der Waals surface area (Å²) >= 11 is 0. The molecule has 1 aliphatic rings. The van der Waals surface area contributed by atoms with Crippen molar-refractivity contribution in [1.29, 1.82) is 0 Å². The van der Waals surface area contributed by atoms with Crippen molar-refractivity contribution >= 4 is 5.97 Å². The van der Waals surface area contributed by atoms with Crippen molar-refractivity contribution in [2.75, 3.05) is 0 Å². The molecule has 0 aliphatic heterocycles. The highest BCUT2D eigenvalue weighted by Crippen LogP contribution is 2.38. The molecule has 0 spiro atoms. The Bertz CT molecular complexity index is 252. The summed E-state index contributed by atoms with van der Waals surface area (Å²) in [6.07, 6.45) is 7.76. The molecule has 0 bridgehead atoms. The van der Waals surface area contributed by atoms with E-state index < -0.39 is 0 Å². The molecule has 16 heavy (non-hydrogen) atoms. The minimum Gasteiger partial charge on any atom is -0.459 e. The summed E-state index contributed by atoms with van der Waals surface area (Å²) in [5, 5.41) is 0. The zero-order valence-electron chi connectivity index (χ0n) is 11.0. The predicted octanol–water partition coefficient (Wildman–Crippen LogP) is 3.71. The molecule has 0 amide bonds. The first-order valence-corrected chi connectivity index (χ1v) is 6.26. The molecular weight excluding hydrogens is 200 g/mol. The highest BCUT2D eigenvalue weighted by Gasteiger charge is 2.30. The van der Waals surface area contributed by atoms with Crippen LogP contribution >= 0.6 is 0 Å². The largest absolute Gasteiger partial charge is 0.459 e. The Morgan fingerprint density at radius 1 is 1.19 bits per heavy atom. The van der Waals surface area contributed by atoms with E-state index in [1.807, 2.05) is 6.92 Å². The Hall–Kier alpha value is -0.790. The van der Waals surface area contributed by atoms with Gasteiger partial charge in [-0.1, -0.05) is 26.8 Å². The van der Waals surface area contributed by atoms with Crippen LogP contribution in [-0.4, -0.2) is 12.1 Å². The zero-order chi connectivity index (χ0) is 12.2. The van der Waals surface area contributed by atoms with E-state index in [-0.39, 0.29) is 12.1 Å². The summed E-state index contributed by atoms with van der Waals surface area (Å²) in [7, 11) is 0. The van der Waals surface area contributed by atoms with E-state index in [1.165, 1.54) is 18.9 Å². The first-order valence-electron chi connectivity index (χ1n) is 6.26. The Morgan fingerprint density at radius 3 is 2.19 bits per heavy atom. The molecule has 1 fully saturated rings. The number of hydrogen-bond acceptors (Lipinski definition) is 2. The maximum absolute atomic E-state index is 11.3. The third kappa shape index (κ3) is 3.99. The topological polar surface area (TPSA) is 26.3 Å². The molecule has 0 aromatic rings. The van der Waals surface area contributed by atoms with Gasteiger partial charge in [0.15, 0.2) is 0 Å². The first-order chi connectivity index (χ1) is 7.43. The SMILES string of the molecule is C/C=C\C(=O)OC1CCC(C(C)(C)C)CC1. The third-order valence-electron chi connectivity index (χ3n) is 3.48. The maximum Gasteiger partial charge on any atom is 0.330 e. The van der Waals surface area contributed by atoms with Crippen LogP contribution < -0.4 is 0 Å². The highest BCUT2D eigenvalue weighted by molar-refractivity contribution is 5.81. The molecule has 0 heterocycles. The fourth-order valence-electron chi connectivity index (χ4n) is 2.39. The van der Waals surface area contributed by atoms with Crippen LogP contribution in [0.1, 0.15) is 53.4 Å². The maximum atomic E-state index is 11.3. The fourth-order valence-corrected chi connectivity index (χ4v) is 2.39. The van der Waals surface area contributed by atoms with Crippen molar-refractivity contribution in [3.63, 3.8) is 0 Å². The Kier molecular flexibility index (Phi) is 4.57. The Balaban J connectivity index is 2.35. The van der Waals surface area contributed by atoms with Gasteiger partial charge in [-0.15, -0.1) is 0 Å². The molecule has 0 N–H and O–H groups in total. The quantitative estimate of drug-likeness (QED) is 0.528. The summed E-state index contributed by atoms with van der Waals surface area (Å²) in [5.41, 5.74) is 0.387. The number of hydrogen-bond donors (Lipinski definition) is 0. The van der Waals surface area contributed by atoms with Crippen molar-refractivity contribution in [3.8, 4) is 0 Å². The first kappa shape index (κ1) is 13.3. The molecule has 0 atom stereocenters. The fraction of sp³-hybridized carbons (Fsp3) is 0.786. The lowest BCUT2D eigenvalue weighted by molar-refractivity contribution is -0.145. The van der Waals surface area contributed by atoms with Gasteiger partial charge in [-0.05, 0) is 43.9 Å². The van der Waals surface area contributed by atoms with Gasteiger partial charge in [-0.25, -0.2) is 4.79 Å². The lowest BCUT2D eigenvalue weighted by atomic mass is 9.72. The molecule has 0 aromatic carbocycles. The lowest BCUT2D eigenvalue weighted by Crippen LogP contribution is -2.30. The number of rotatable bonds is 2. The summed E-state index contributed by atoms with van der Waals surface area (Å²) in [5.74, 6) is 0.575.